The van der Waals surface area contributed by atoms with Gasteiger partial charge in [0.1, 0.15) is 24.1 Å². The quantitative estimate of drug-likeness (QED) is 0.489. The molecule has 0 amide bonds. The molecule has 11 heteroatoms. The third-order valence-corrected chi connectivity index (χ3v) is 5.34. The number of rotatable bonds is 5. The Labute approximate surface area is 144 Å². The molecule has 2 saturated heterocycles. The van der Waals surface area contributed by atoms with Crippen molar-refractivity contribution in [3.63, 3.8) is 0 Å². The summed E-state index contributed by atoms with van der Waals surface area (Å²) in [6.45, 7) is 1.86. The van der Waals surface area contributed by atoms with Gasteiger partial charge in [-0.3, -0.25) is 13.6 Å². The van der Waals surface area contributed by atoms with Crippen LogP contribution in [0.4, 0.5) is 5.82 Å². The van der Waals surface area contributed by atoms with Crippen LogP contribution >= 0.6 is 7.82 Å². The Kier molecular flexibility index (Phi) is 5.29. The molecule has 0 radical (unpaired) electrons. The minimum absolute atomic E-state index is 0.154. The molecule has 25 heavy (non-hydrogen) atoms. The van der Waals surface area contributed by atoms with Gasteiger partial charge in [0.15, 0.2) is 6.23 Å². The first kappa shape index (κ1) is 18.5. The summed E-state index contributed by atoms with van der Waals surface area (Å²) in [4.78, 5) is 25.4. The zero-order chi connectivity index (χ0) is 18.2. The van der Waals surface area contributed by atoms with E-state index in [1.807, 2.05) is 0 Å². The summed E-state index contributed by atoms with van der Waals surface area (Å²) < 4.78 is 27.8. The second-order valence-corrected chi connectivity index (χ2v) is 7.59. The molecule has 0 saturated carbocycles. The normalized spacial score (nSPS) is 34.8. The second-order valence-electron chi connectivity index (χ2n) is 6.19. The van der Waals surface area contributed by atoms with Crippen LogP contribution in [0, 0.1) is 0 Å². The molecule has 2 aliphatic rings. The second kappa shape index (κ2) is 7.14. The molecule has 1 aromatic heterocycles. The number of hydrogen-bond acceptors (Lipinski definition) is 8. The van der Waals surface area contributed by atoms with Crippen molar-refractivity contribution in [2.75, 3.05) is 12.3 Å². The third-order valence-electron chi connectivity index (χ3n) is 4.35. The highest BCUT2D eigenvalue weighted by molar-refractivity contribution is 7.47. The average Bonchev–Trinajstić information content (AvgIpc) is 2.85. The van der Waals surface area contributed by atoms with Crippen LogP contribution in [0.2, 0.25) is 0 Å². The Morgan fingerprint density at radius 1 is 1.48 bits per heavy atom. The molecule has 0 bridgehead atoms. The first-order valence-electron chi connectivity index (χ1n) is 8.19. The fraction of sp³-hybridized carbons (Fsp3) is 0.714. The molecule has 3 rings (SSSR count). The highest BCUT2D eigenvalue weighted by Gasteiger charge is 2.52. The van der Waals surface area contributed by atoms with Crippen LogP contribution in [0.3, 0.4) is 0 Å². The zero-order valence-corrected chi connectivity index (χ0v) is 14.7. The number of nitrogens with two attached hydrogens (primary N) is 1. The summed E-state index contributed by atoms with van der Waals surface area (Å²) in [7, 11) is -4.22. The van der Waals surface area contributed by atoms with Crippen LogP contribution < -0.4 is 11.4 Å². The van der Waals surface area contributed by atoms with Crippen molar-refractivity contribution < 1.29 is 28.3 Å². The predicted molar refractivity (Wildman–Crippen MR) is 86.7 cm³/mol. The minimum Gasteiger partial charge on any atom is -0.386 e. The van der Waals surface area contributed by atoms with Gasteiger partial charge >= 0.3 is 13.5 Å². The maximum atomic E-state index is 12.2. The Morgan fingerprint density at radius 3 is 2.96 bits per heavy atom. The van der Waals surface area contributed by atoms with E-state index in [0.29, 0.717) is 12.0 Å². The maximum absolute atomic E-state index is 12.2. The highest BCUT2D eigenvalue weighted by atomic mass is 31.2. The van der Waals surface area contributed by atoms with Crippen LogP contribution in [0.1, 0.15) is 38.0 Å². The smallest absolute Gasteiger partial charge is 0.386 e. The van der Waals surface area contributed by atoms with E-state index in [2.05, 4.69) is 16.4 Å². The Morgan fingerprint density at radius 2 is 2.24 bits per heavy atom. The van der Waals surface area contributed by atoms with Crippen LogP contribution in [-0.2, 0) is 24.8 Å². The van der Waals surface area contributed by atoms with Gasteiger partial charge in [-0.15, -0.1) is 0 Å². The zero-order valence-electron chi connectivity index (χ0n) is 13.8. The summed E-state index contributed by atoms with van der Waals surface area (Å²) in [5.41, 5.74) is 5.83. The fourth-order valence-corrected chi connectivity index (χ4v) is 3.99. The number of fused-ring (bicyclic) bond motifs is 1. The number of aromatic nitrogens is 2. The number of aryl methyl sites for hydroxylation is 1. The highest BCUT2D eigenvalue weighted by Crippen LogP contribution is 2.52. The Bertz CT molecular complexity index is 740. The number of anilines is 1. The maximum Gasteiger partial charge on any atom is 0.472 e. The van der Waals surface area contributed by atoms with Crippen molar-refractivity contribution in [1.29, 1.82) is 0 Å². The van der Waals surface area contributed by atoms with Gasteiger partial charge < -0.3 is 20.5 Å². The van der Waals surface area contributed by atoms with Gasteiger partial charge in [-0.25, -0.2) is 9.36 Å². The molecular weight excluding hydrogens is 353 g/mol. The van der Waals surface area contributed by atoms with Crippen LogP contribution in [0.25, 0.3) is 0 Å². The molecule has 0 aromatic carbocycles. The van der Waals surface area contributed by atoms with Crippen molar-refractivity contribution in [3.8, 4) is 0 Å². The predicted octanol–water partition coefficient (Wildman–Crippen LogP) is 0.332. The van der Waals surface area contributed by atoms with E-state index in [1.165, 1.54) is 6.20 Å². The number of phosphoric acid groups is 1. The Hall–Kier alpha value is -1.29. The first-order chi connectivity index (χ1) is 11.8. The van der Waals surface area contributed by atoms with Gasteiger partial charge in [0.05, 0.1) is 6.61 Å². The lowest BCUT2D eigenvalue weighted by molar-refractivity contribution is -0.0685. The molecule has 10 nitrogen and oxygen atoms in total. The Balaban J connectivity index is 1.85. The van der Waals surface area contributed by atoms with E-state index in [1.54, 1.807) is 0 Å². The average molecular weight is 375 g/mol. The summed E-state index contributed by atoms with van der Waals surface area (Å²) in [5, 5.41) is 10.4. The van der Waals surface area contributed by atoms with Gasteiger partial charge in [0.2, 0.25) is 0 Å². The monoisotopic (exact) mass is 375 g/mol. The van der Waals surface area contributed by atoms with Crippen molar-refractivity contribution in [2.45, 2.75) is 57.1 Å². The number of unbranched alkanes of at least 4 members (excludes halogenated alkanes) is 2. The summed E-state index contributed by atoms with van der Waals surface area (Å²) in [5.74, 6) is 0.154. The van der Waals surface area contributed by atoms with Gasteiger partial charge in [0, 0.05) is 11.8 Å². The largest absolute Gasteiger partial charge is 0.472 e. The molecule has 2 aliphatic heterocycles. The molecular formula is C14H22N3O7P. The van der Waals surface area contributed by atoms with Crippen LogP contribution in [0.15, 0.2) is 11.0 Å². The number of aliphatic hydroxyl groups excluding tert-OH is 1. The van der Waals surface area contributed by atoms with E-state index in [4.69, 9.17) is 15.0 Å². The van der Waals surface area contributed by atoms with E-state index >= 15 is 0 Å². The first-order valence-corrected chi connectivity index (χ1v) is 9.68. The number of nitrogen functional groups attached to an aromatic ring is 1. The van der Waals surface area contributed by atoms with E-state index in [0.717, 1.165) is 23.8 Å². The third kappa shape index (κ3) is 3.79. The lowest BCUT2D eigenvalue weighted by Gasteiger charge is -2.27. The van der Waals surface area contributed by atoms with Crippen LogP contribution in [0.5, 0.6) is 0 Å². The molecule has 2 fully saturated rings. The molecule has 140 valence electrons. The molecule has 5 atom stereocenters. The summed E-state index contributed by atoms with van der Waals surface area (Å²) in [6, 6.07) is 0. The lowest BCUT2D eigenvalue weighted by Crippen LogP contribution is -2.40. The van der Waals surface area contributed by atoms with Crippen molar-refractivity contribution in [3.05, 3.63) is 22.2 Å². The van der Waals surface area contributed by atoms with Gasteiger partial charge in [-0.2, -0.15) is 4.98 Å². The molecule has 3 unspecified atom stereocenters. The number of ether oxygens (including phenoxy) is 1. The van der Waals surface area contributed by atoms with Crippen molar-refractivity contribution >= 4 is 13.6 Å². The van der Waals surface area contributed by atoms with E-state index in [-0.39, 0.29) is 12.4 Å². The number of hydrogen-bond donors (Lipinski definition) is 3. The summed E-state index contributed by atoms with van der Waals surface area (Å²) in [6.07, 6.45) is 0.874. The number of phosphoric ester groups is 1. The molecule has 3 heterocycles. The fourth-order valence-electron chi connectivity index (χ4n) is 3.03. The molecule has 0 aliphatic carbocycles. The molecule has 4 N–H and O–H groups in total. The summed E-state index contributed by atoms with van der Waals surface area (Å²) >= 11 is 0. The van der Waals surface area contributed by atoms with Crippen molar-refractivity contribution in [1.82, 2.24) is 9.55 Å². The number of nitrogens with zero attached hydrogens (tertiary/aromatic N) is 2. The van der Waals surface area contributed by atoms with Crippen LogP contribution in [-0.4, -0.2) is 44.5 Å². The molecule has 0 spiro atoms. The van der Waals surface area contributed by atoms with E-state index in [9.17, 15) is 19.4 Å². The van der Waals surface area contributed by atoms with Gasteiger partial charge in [0.25, 0.3) is 0 Å². The lowest BCUT2D eigenvalue weighted by atomic mass is 10.1. The number of aliphatic hydroxyl groups is 1. The standard InChI is InChI=1S/C14H22N3O7P/c1-2-3-4-5-8-6-17(14(19)16-12(8)15)13-10(18)11-9(23-13)7-22-25(20,21)24-11/h6,9-11,13,18H,2-5,7H2,1H3,(H,20,21)(H2,15,16,19)/t9?,10-,11?,13-/m1/s1. The molecule has 1 aromatic rings. The van der Waals surface area contributed by atoms with Gasteiger partial charge in [-0.1, -0.05) is 19.8 Å². The SMILES string of the molecule is CCCCCc1cn([C@@H]2OC3COP(=O)(O)OC3[C@H]2O)c(=O)nc1N. The topological polar surface area (TPSA) is 146 Å². The van der Waals surface area contributed by atoms with Gasteiger partial charge in [-0.05, 0) is 12.8 Å². The van der Waals surface area contributed by atoms with E-state index < -0.39 is 38.1 Å². The van der Waals surface area contributed by atoms with Crippen molar-refractivity contribution in [2.24, 2.45) is 0 Å². The minimum atomic E-state index is -4.22.